The molecule has 0 aliphatic rings. The number of benzene rings is 1. The maximum absolute atomic E-state index is 12.6. The summed E-state index contributed by atoms with van der Waals surface area (Å²) in [7, 11) is 0. The van der Waals surface area contributed by atoms with Gasteiger partial charge in [0.25, 0.3) is 5.91 Å². The summed E-state index contributed by atoms with van der Waals surface area (Å²) in [6, 6.07) is 6.41. The second-order valence-corrected chi connectivity index (χ2v) is 6.45. The molecule has 3 rings (SSSR count). The fraction of sp³-hybridized carbons (Fsp3) is 0.111. The molecule has 132 valence electrons. The van der Waals surface area contributed by atoms with Crippen molar-refractivity contribution in [2.24, 2.45) is 5.10 Å². The highest BCUT2D eigenvalue weighted by molar-refractivity contribution is 6.33. The molecule has 0 unspecified atom stereocenters. The van der Waals surface area contributed by atoms with Crippen molar-refractivity contribution in [2.45, 2.75) is 13.8 Å². The van der Waals surface area contributed by atoms with Crippen LogP contribution in [0.3, 0.4) is 0 Å². The molecule has 0 radical (unpaired) electrons. The van der Waals surface area contributed by atoms with E-state index in [0.29, 0.717) is 11.0 Å². The number of aryl methyl sites for hydroxylation is 2. The number of aromatic nitrogens is 1. The van der Waals surface area contributed by atoms with Gasteiger partial charge in [0.15, 0.2) is 0 Å². The van der Waals surface area contributed by atoms with Crippen molar-refractivity contribution in [1.82, 2.24) is 10.4 Å². The van der Waals surface area contributed by atoms with E-state index in [1.807, 2.05) is 19.9 Å². The molecule has 0 aliphatic carbocycles. The fourth-order valence-electron chi connectivity index (χ4n) is 2.55. The van der Waals surface area contributed by atoms with E-state index < -0.39 is 5.91 Å². The summed E-state index contributed by atoms with van der Waals surface area (Å²) in [5.74, 6) is -0.538. The van der Waals surface area contributed by atoms with E-state index in [-0.39, 0.29) is 26.9 Å². The number of hydrazone groups is 1. The highest BCUT2D eigenvalue weighted by Crippen LogP contribution is 2.18. The van der Waals surface area contributed by atoms with Crippen LogP contribution in [0.4, 0.5) is 0 Å². The largest absolute Gasteiger partial charge is 0.463 e. The molecule has 1 aromatic carbocycles. The molecule has 0 bridgehead atoms. The lowest BCUT2D eigenvalue weighted by Crippen LogP contribution is -2.19. The van der Waals surface area contributed by atoms with Crippen LogP contribution in [0.25, 0.3) is 11.0 Å². The highest BCUT2D eigenvalue weighted by atomic mass is 35.5. The van der Waals surface area contributed by atoms with E-state index in [4.69, 9.17) is 27.6 Å². The first-order valence-electron chi connectivity index (χ1n) is 7.54. The number of hydrogen-bond donors (Lipinski definition) is 1. The van der Waals surface area contributed by atoms with Gasteiger partial charge in [0.1, 0.15) is 22.2 Å². The molecule has 3 aromatic rings. The van der Waals surface area contributed by atoms with Gasteiger partial charge >= 0.3 is 0 Å². The minimum Gasteiger partial charge on any atom is -0.463 e. The van der Waals surface area contributed by atoms with Gasteiger partial charge in [-0.05, 0) is 43.2 Å². The van der Waals surface area contributed by atoms with Gasteiger partial charge in [-0.1, -0.05) is 29.3 Å². The SMILES string of the molecule is Cc1cc(C)c2c(=O)c(/C=N\NC(=O)c3cc(Cl)nc(Cl)c3)coc2c1. The van der Waals surface area contributed by atoms with Crippen LogP contribution >= 0.6 is 23.2 Å². The summed E-state index contributed by atoms with van der Waals surface area (Å²) < 4.78 is 5.51. The first-order chi connectivity index (χ1) is 12.3. The molecule has 6 nitrogen and oxygen atoms in total. The van der Waals surface area contributed by atoms with Gasteiger partial charge < -0.3 is 4.42 Å². The van der Waals surface area contributed by atoms with E-state index in [1.165, 1.54) is 24.6 Å². The van der Waals surface area contributed by atoms with Crippen LogP contribution in [0.15, 0.2) is 44.8 Å². The monoisotopic (exact) mass is 389 g/mol. The van der Waals surface area contributed by atoms with Crippen LogP contribution in [-0.4, -0.2) is 17.1 Å². The number of nitrogens with zero attached hydrogens (tertiary/aromatic N) is 2. The third-order valence-corrected chi connectivity index (χ3v) is 4.03. The Morgan fingerprint density at radius 2 is 1.88 bits per heavy atom. The Bertz CT molecular complexity index is 1090. The van der Waals surface area contributed by atoms with Crippen LogP contribution in [0, 0.1) is 13.8 Å². The molecular weight excluding hydrogens is 377 g/mol. The van der Waals surface area contributed by atoms with Gasteiger partial charge in [-0.2, -0.15) is 5.10 Å². The van der Waals surface area contributed by atoms with Gasteiger partial charge in [-0.3, -0.25) is 9.59 Å². The first-order valence-corrected chi connectivity index (χ1v) is 8.30. The summed E-state index contributed by atoms with van der Waals surface area (Å²) in [6.45, 7) is 3.76. The summed E-state index contributed by atoms with van der Waals surface area (Å²) in [5.41, 5.74) is 4.82. The Hall–Kier alpha value is -2.70. The average molecular weight is 390 g/mol. The number of nitrogens with one attached hydrogen (secondary N) is 1. The van der Waals surface area contributed by atoms with E-state index in [1.54, 1.807) is 6.07 Å². The molecular formula is C18H13Cl2N3O3. The Morgan fingerprint density at radius 3 is 2.58 bits per heavy atom. The molecule has 0 aliphatic heterocycles. The smallest absolute Gasteiger partial charge is 0.271 e. The molecule has 0 atom stereocenters. The zero-order chi connectivity index (χ0) is 18.8. The standard InChI is InChI=1S/C18H13Cl2N3O3/c1-9-3-10(2)16-13(4-9)26-8-12(17(16)24)7-21-23-18(25)11-5-14(19)22-15(20)6-11/h3-8H,1-2H3,(H,23,25)/b21-7-. The molecule has 0 saturated heterocycles. The van der Waals surface area contributed by atoms with Gasteiger partial charge in [-0.15, -0.1) is 0 Å². The van der Waals surface area contributed by atoms with E-state index >= 15 is 0 Å². The molecule has 26 heavy (non-hydrogen) atoms. The number of pyridine rings is 1. The van der Waals surface area contributed by atoms with Crippen LogP contribution in [0.5, 0.6) is 0 Å². The topological polar surface area (TPSA) is 84.6 Å². The Labute approximate surface area is 158 Å². The fourth-order valence-corrected chi connectivity index (χ4v) is 3.01. The molecule has 1 amide bonds. The maximum Gasteiger partial charge on any atom is 0.271 e. The molecule has 0 fully saturated rings. The van der Waals surface area contributed by atoms with Crippen molar-refractivity contribution in [3.8, 4) is 0 Å². The minimum absolute atomic E-state index is 0.0903. The van der Waals surface area contributed by atoms with Crippen molar-refractivity contribution in [2.75, 3.05) is 0 Å². The summed E-state index contributed by atoms with van der Waals surface area (Å²) in [5, 5.41) is 4.47. The second-order valence-electron chi connectivity index (χ2n) is 5.68. The minimum atomic E-state index is -0.538. The summed E-state index contributed by atoms with van der Waals surface area (Å²) in [6.07, 6.45) is 2.53. The van der Waals surface area contributed by atoms with E-state index in [2.05, 4.69) is 15.5 Å². The summed E-state index contributed by atoms with van der Waals surface area (Å²) in [4.78, 5) is 28.4. The number of hydrogen-bond acceptors (Lipinski definition) is 5. The lowest BCUT2D eigenvalue weighted by atomic mass is 10.1. The van der Waals surface area contributed by atoms with Gasteiger partial charge in [0.2, 0.25) is 5.43 Å². The highest BCUT2D eigenvalue weighted by Gasteiger charge is 2.10. The predicted octanol–water partition coefficient (Wildman–Crippen LogP) is 3.88. The maximum atomic E-state index is 12.6. The number of halogens is 2. The number of fused-ring (bicyclic) bond motifs is 1. The zero-order valence-electron chi connectivity index (χ0n) is 13.8. The molecule has 2 heterocycles. The Balaban J connectivity index is 1.86. The quantitative estimate of drug-likeness (QED) is 0.418. The van der Waals surface area contributed by atoms with Gasteiger partial charge in [-0.25, -0.2) is 10.4 Å². The third kappa shape index (κ3) is 3.76. The van der Waals surface area contributed by atoms with Crippen molar-refractivity contribution in [1.29, 1.82) is 0 Å². The molecule has 1 N–H and O–H groups in total. The Morgan fingerprint density at radius 1 is 1.19 bits per heavy atom. The van der Waals surface area contributed by atoms with Crippen LogP contribution in [-0.2, 0) is 0 Å². The van der Waals surface area contributed by atoms with Gasteiger partial charge in [0.05, 0.1) is 17.2 Å². The molecule has 8 heteroatoms. The van der Waals surface area contributed by atoms with Crippen molar-refractivity contribution < 1.29 is 9.21 Å². The molecule has 2 aromatic heterocycles. The van der Waals surface area contributed by atoms with Crippen molar-refractivity contribution in [3.05, 3.63) is 73.3 Å². The van der Waals surface area contributed by atoms with Crippen LogP contribution in [0.1, 0.15) is 27.0 Å². The van der Waals surface area contributed by atoms with Crippen molar-refractivity contribution >= 4 is 46.3 Å². The zero-order valence-corrected chi connectivity index (χ0v) is 15.4. The Kier molecular flexibility index (Phi) is 5.06. The van der Waals surface area contributed by atoms with Crippen LogP contribution in [0.2, 0.25) is 10.3 Å². The number of amides is 1. The molecule has 0 saturated carbocycles. The normalized spacial score (nSPS) is 11.2. The third-order valence-electron chi connectivity index (χ3n) is 3.64. The lowest BCUT2D eigenvalue weighted by Gasteiger charge is -2.04. The number of carbonyl (C=O) groups is 1. The molecule has 0 spiro atoms. The summed E-state index contributed by atoms with van der Waals surface area (Å²) >= 11 is 11.5. The number of carbonyl (C=O) groups excluding carboxylic acids is 1. The van der Waals surface area contributed by atoms with E-state index in [9.17, 15) is 9.59 Å². The number of rotatable bonds is 3. The first kappa shape index (κ1) is 18.1. The lowest BCUT2D eigenvalue weighted by molar-refractivity contribution is 0.0955. The van der Waals surface area contributed by atoms with E-state index in [0.717, 1.165) is 11.1 Å². The average Bonchev–Trinajstić information content (AvgIpc) is 2.55. The van der Waals surface area contributed by atoms with Crippen molar-refractivity contribution in [3.63, 3.8) is 0 Å². The van der Waals surface area contributed by atoms with Gasteiger partial charge in [0, 0.05) is 5.56 Å². The predicted molar refractivity (Wildman–Crippen MR) is 101 cm³/mol. The van der Waals surface area contributed by atoms with Crippen LogP contribution < -0.4 is 10.9 Å². The second kappa shape index (κ2) is 7.27.